The van der Waals surface area contributed by atoms with Gasteiger partial charge in [-0.3, -0.25) is 9.54 Å². The summed E-state index contributed by atoms with van der Waals surface area (Å²) in [5, 5.41) is 8.19. The predicted octanol–water partition coefficient (Wildman–Crippen LogP) is 7.18. The summed E-state index contributed by atoms with van der Waals surface area (Å²) >= 11 is 0. The van der Waals surface area contributed by atoms with Crippen LogP contribution in [0.25, 0.3) is 22.0 Å². The molecule has 0 unspecified atom stereocenters. The summed E-state index contributed by atoms with van der Waals surface area (Å²) in [5.41, 5.74) is 2.48. The van der Waals surface area contributed by atoms with Crippen molar-refractivity contribution in [1.82, 2.24) is 4.98 Å². The number of hydrogen-bond donors (Lipinski definition) is 2. The van der Waals surface area contributed by atoms with Crippen LogP contribution in [0.3, 0.4) is 0 Å². The van der Waals surface area contributed by atoms with E-state index in [2.05, 4.69) is 15.2 Å². The lowest BCUT2D eigenvalue weighted by molar-refractivity contribution is -0.143. The van der Waals surface area contributed by atoms with Gasteiger partial charge in [0, 0.05) is 16.3 Å². The zero-order valence-corrected chi connectivity index (χ0v) is 19.0. The van der Waals surface area contributed by atoms with Crippen LogP contribution in [0.5, 0.6) is 0 Å². The number of nitrogens with two attached hydrogens (primary N) is 1. The molecule has 0 atom stereocenters. The van der Waals surface area contributed by atoms with Gasteiger partial charge >= 0.3 is 12.4 Å². The van der Waals surface area contributed by atoms with E-state index in [-0.39, 0.29) is 39.6 Å². The van der Waals surface area contributed by atoms with E-state index in [0.29, 0.717) is 12.1 Å². The van der Waals surface area contributed by atoms with Gasteiger partial charge in [-0.15, -0.1) is 10.2 Å². The molecule has 0 radical (unpaired) electrons. The maximum absolute atomic E-state index is 13.1. The van der Waals surface area contributed by atoms with Gasteiger partial charge in [0.2, 0.25) is 0 Å². The van der Waals surface area contributed by atoms with Gasteiger partial charge < -0.3 is 5.73 Å². The van der Waals surface area contributed by atoms with Gasteiger partial charge in [-0.1, -0.05) is 24.3 Å². The molecule has 3 aromatic carbocycles. The molecule has 192 valence electrons. The smallest absolute Gasteiger partial charge is 0.396 e. The van der Waals surface area contributed by atoms with E-state index in [1.165, 1.54) is 18.2 Å². The quantitative estimate of drug-likeness (QED) is 0.123. The summed E-state index contributed by atoms with van der Waals surface area (Å²) in [6.45, 7) is 0. The summed E-state index contributed by atoms with van der Waals surface area (Å²) in [5.74, 6) is 0. The van der Waals surface area contributed by atoms with E-state index >= 15 is 0 Å². The van der Waals surface area contributed by atoms with Crippen LogP contribution in [-0.4, -0.2) is 18.0 Å². The number of nitrogen functional groups attached to an aromatic ring is 1. The van der Waals surface area contributed by atoms with Crippen molar-refractivity contribution in [2.24, 2.45) is 10.2 Å². The van der Waals surface area contributed by atoms with Crippen molar-refractivity contribution < 1.29 is 39.3 Å². The standard InChI is InChI=1S/C23H14F6N4O3S/c24-22(25,26)13-7-12(8-14(9-13)23(27,28)29)18-6-5-15(11-31-18)32-33-19-10-20(37(34,35)36)16-3-1-2-4-17(16)21(19)30/h1-11H,30H2,(H,34,35,36). The Morgan fingerprint density at radius 1 is 0.811 bits per heavy atom. The van der Waals surface area contributed by atoms with E-state index in [4.69, 9.17) is 5.73 Å². The van der Waals surface area contributed by atoms with Gasteiger partial charge in [0.25, 0.3) is 10.1 Å². The van der Waals surface area contributed by atoms with E-state index in [1.807, 2.05) is 0 Å². The normalized spacial score (nSPS) is 12.9. The van der Waals surface area contributed by atoms with Gasteiger partial charge in [-0.2, -0.15) is 34.8 Å². The first-order chi connectivity index (χ1) is 17.1. The van der Waals surface area contributed by atoms with Crippen LogP contribution >= 0.6 is 0 Å². The minimum absolute atomic E-state index is 0.0148. The number of hydrogen-bond acceptors (Lipinski definition) is 6. The van der Waals surface area contributed by atoms with Crippen molar-refractivity contribution in [2.45, 2.75) is 17.2 Å². The Hall–Kier alpha value is -4.04. The number of pyridine rings is 1. The van der Waals surface area contributed by atoms with Crippen LogP contribution in [0.1, 0.15) is 11.1 Å². The number of alkyl halides is 6. The average Bonchev–Trinajstić information content (AvgIpc) is 2.82. The summed E-state index contributed by atoms with van der Waals surface area (Å²) in [7, 11) is -4.65. The Labute approximate surface area is 205 Å². The van der Waals surface area contributed by atoms with E-state index in [9.17, 15) is 39.3 Å². The molecule has 0 aliphatic heterocycles. The Balaban J connectivity index is 1.71. The topological polar surface area (TPSA) is 118 Å². The van der Waals surface area contributed by atoms with Crippen LogP contribution < -0.4 is 5.73 Å². The summed E-state index contributed by atoms with van der Waals surface area (Å²) in [4.78, 5) is 3.43. The fourth-order valence-electron chi connectivity index (χ4n) is 3.48. The number of anilines is 1. The van der Waals surface area contributed by atoms with Crippen molar-refractivity contribution in [3.05, 3.63) is 78.0 Å². The Bertz CT molecular complexity index is 1600. The molecule has 0 saturated carbocycles. The van der Waals surface area contributed by atoms with Crippen molar-refractivity contribution in [3.63, 3.8) is 0 Å². The lowest BCUT2D eigenvalue weighted by Crippen LogP contribution is -2.11. The fraction of sp³-hybridized carbons (Fsp3) is 0.0870. The lowest BCUT2D eigenvalue weighted by Gasteiger charge is -2.14. The van der Waals surface area contributed by atoms with Crippen LogP contribution in [-0.2, 0) is 22.5 Å². The first kappa shape index (κ1) is 26.0. The molecule has 0 amide bonds. The van der Waals surface area contributed by atoms with Crippen molar-refractivity contribution >= 4 is 38.0 Å². The third-order valence-electron chi connectivity index (χ3n) is 5.21. The SMILES string of the molecule is Nc1c(N=Nc2ccc(-c3cc(C(F)(F)F)cc(C(F)(F)F)c3)nc2)cc(S(=O)(=O)O)c2ccccc12. The second kappa shape index (κ2) is 9.12. The molecule has 0 spiro atoms. The molecular formula is C23H14F6N4O3S. The number of halogens is 6. The maximum atomic E-state index is 13.1. The highest BCUT2D eigenvalue weighted by Crippen LogP contribution is 2.39. The number of aromatic nitrogens is 1. The van der Waals surface area contributed by atoms with Crippen molar-refractivity contribution in [1.29, 1.82) is 0 Å². The molecule has 7 nitrogen and oxygen atoms in total. The molecule has 4 aromatic rings. The largest absolute Gasteiger partial charge is 0.416 e. The molecule has 0 bridgehead atoms. The highest BCUT2D eigenvalue weighted by molar-refractivity contribution is 7.86. The number of benzene rings is 3. The molecule has 0 aliphatic carbocycles. The first-order valence-electron chi connectivity index (χ1n) is 10.1. The monoisotopic (exact) mass is 540 g/mol. The predicted molar refractivity (Wildman–Crippen MR) is 122 cm³/mol. The van der Waals surface area contributed by atoms with Gasteiger partial charge in [-0.05, 0) is 36.4 Å². The van der Waals surface area contributed by atoms with Gasteiger partial charge in [0.05, 0.1) is 28.7 Å². The zero-order chi connectivity index (χ0) is 27.2. The third kappa shape index (κ3) is 5.54. The minimum atomic E-state index is -5.01. The number of nitrogens with zero attached hydrogens (tertiary/aromatic N) is 3. The zero-order valence-electron chi connectivity index (χ0n) is 18.2. The summed E-state index contributed by atoms with van der Waals surface area (Å²) in [6, 6.07) is 10.6. The molecule has 0 aliphatic rings. The third-order valence-corrected chi connectivity index (χ3v) is 6.10. The molecule has 37 heavy (non-hydrogen) atoms. The van der Waals surface area contributed by atoms with Gasteiger partial charge in [0.15, 0.2) is 0 Å². The summed E-state index contributed by atoms with van der Waals surface area (Å²) < 4.78 is 112. The van der Waals surface area contributed by atoms with Gasteiger partial charge in [0.1, 0.15) is 16.3 Å². The molecule has 0 fully saturated rings. The second-order valence-corrected chi connectivity index (χ2v) is 9.11. The van der Waals surface area contributed by atoms with Crippen LogP contribution in [0.2, 0.25) is 0 Å². The number of fused-ring (bicyclic) bond motifs is 1. The Morgan fingerprint density at radius 2 is 1.41 bits per heavy atom. The average molecular weight is 540 g/mol. The lowest BCUT2D eigenvalue weighted by atomic mass is 10.0. The summed E-state index contributed by atoms with van der Waals surface area (Å²) in [6.07, 6.45) is -8.97. The fourth-order valence-corrected chi connectivity index (χ4v) is 4.19. The van der Waals surface area contributed by atoms with Gasteiger partial charge in [-0.25, -0.2) is 0 Å². The van der Waals surface area contributed by atoms with Crippen LogP contribution in [0, 0.1) is 0 Å². The number of azo groups is 1. The van der Waals surface area contributed by atoms with Crippen LogP contribution in [0.4, 0.5) is 43.4 Å². The van der Waals surface area contributed by atoms with Crippen molar-refractivity contribution in [2.75, 3.05) is 5.73 Å². The van der Waals surface area contributed by atoms with E-state index in [0.717, 1.165) is 18.3 Å². The molecule has 3 N–H and O–H groups in total. The molecule has 4 rings (SSSR count). The molecular weight excluding hydrogens is 526 g/mol. The van der Waals surface area contributed by atoms with E-state index < -0.39 is 44.1 Å². The molecule has 1 aromatic heterocycles. The van der Waals surface area contributed by atoms with E-state index in [1.54, 1.807) is 12.1 Å². The highest BCUT2D eigenvalue weighted by Gasteiger charge is 2.37. The first-order valence-corrected chi connectivity index (χ1v) is 11.5. The number of rotatable bonds is 4. The highest BCUT2D eigenvalue weighted by atomic mass is 32.2. The Morgan fingerprint density at radius 3 is 1.92 bits per heavy atom. The molecule has 1 heterocycles. The Kier molecular flexibility index (Phi) is 6.42. The van der Waals surface area contributed by atoms with Crippen molar-refractivity contribution in [3.8, 4) is 11.3 Å². The maximum Gasteiger partial charge on any atom is 0.416 e. The van der Waals surface area contributed by atoms with Crippen LogP contribution in [0.15, 0.2) is 82.0 Å². The molecule has 0 saturated heterocycles. The second-order valence-electron chi connectivity index (χ2n) is 7.72. The minimum Gasteiger partial charge on any atom is -0.396 e. The molecule has 14 heteroatoms.